The maximum absolute atomic E-state index is 12.5. The van der Waals surface area contributed by atoms with E-state index in [2.05, 4.69) is 10.5 Å². The molecule has 2 fully saturated rings. The van der Waals surface area contributed by atoms with Crippen molar-refractivity contribution in [1.82, 2.24) is 15.0 Å². The van der Waals surface area contributed by atoms with Crippen LogP contribution in [0.2, 0.25) is 0 Å². The minimum atomic E-state index is -4.21. The zero-order valence-electron chi connectivity index (χ0n) is 13.5. The summed E-state index contributed by atoms with van der Waals surface area (Å²) in [6, 6.07) is -0.308. The van der Waals surface area contributed by atoms with E-state index in [1.165, 1.54) is 4.90 Å². The van der Waals surface area contributed by atoms with Crippen molar-refractivity contribution in [2.45, 2.75) is 38.3 Å². The number of nitrogens with zero attached hydrogens (tertiary/aromatic N) is 3. The number of carbonyl (C=O) groups excluding carboxylic acids is 1. The topological polar surface area (TPSA) is 61.6 Å². The molecule has 1 N–H and O–H groups in total. The summed E-state index contributed by atoms with van der Waals surface area (Å²) in [4.78, 5) is 15.4. The van der Waals surface area contributed by atoms with Gasteiger partial charge in [0, 0.05) is 32.1 Å². The highest BCUT2D eigenvalue weighted by Gasteiger charge is 2.34. The largest absolute Gasteiger partial charge is 0.401 e. The maximum atomic E-state index is 12.5. The molecule has 1 aliphatic carbocycles. The monoisotopic (exact) mass is 346 g/mol. The summed E-state index contributed by atoms with van der Waals surface area (Å²) in [6.45, 7) is 2.08. The normalized spacial score (nSPS) is 20.1. The zero-order chi connectivity index (χ0) is 17.3. The summed E-state index contributed by atoms with van der Waals surface area (Å²) >= 11 is 0. The molecule has 24 heavy (non-hydrogen) atoms. The number of alkyl halides is 3. The van der Waals surface area contributed by atoms with E-state index < -0.39 is 12.7 Å². The molecule has 134 valence electrons. The van der Waals surface area contributed by atoms with Gasteiger partial charge in [0.15, 0.2) is 5.76 Å². The van der Waals surface area contributed by atoms with Crippen molar-refractivity contribution in [3.05, 3.63) is 11.5 Å². The number of anilines is 1. The summed E-state index contributed by atoms with van der Waals surface area (Å²) in [7, 11) is 0. The third-order valence-corrected chi connectivity index (χ3v) is 4.35. The lowest BCUT2D eigenvalue weighted by Gasteiger charge is -2.23. The summed E-state index contributed by atoms with van der Waals surface area (Å²) in [6.07, 6.45) is -1.65. The third-order valence-electron chi connectivity index (χ3n) is 4.35. The minimum absolute atomic E-state index is 0.213. The summed E-state index contributed by atoms with van der Waals surface area (Å²) in [5.41, 5.74) is 1.23. The Morgan fingerprint density at radius 2 is 2.04 bits per heavy atom. The van der Waals surface area contributed by atoms with E-state index in [1.807, 2.05) is 0 Å². The molecule has 9 heteroatoms. The number of carbonyl (C=O) groups is 1. The van der Waals surface area contributed by atoms with Gasteiger partial charge in [-0.05, 0) is 26.2 Å². The van der Waals surface area contributed by atoms with Crippen LogP contribution in [0.15, 0.2) is 4.52 Å². The van der Waals surface area contributed by atoms with Gasteiger partial charge in [0.05, 0.1) is 6.54 Å². The van der Waals surface area contributed by atoms with Crippen LogP contribution in [-0.2, 0) is 0 Å². The Kier molecular flexibility index (Phi) is 4.71. The van der Waals surface area contributed by atoms with Crippen molar-refractivity contribution < 1.29 is 22.5 Å². The van der Waals surface area contributed by atoms with Crippen LogP contribution >= 0.6 is 0 Å². The van der Waals surface area contributed by atoms with Crippen molar-refractivity contribution in [2.24, 2.45) is 0 Å². The first-order valence-corrected chi connectivity index (χ1v) is 8.14. The molecule has 6 nitrogen and oxygen atoms in total. The highest BCUT2D eigenvalue weighted by atomic mass is 19.4. The molecule has 2 amide bonds. The molecule has 1 aliphatic heterocycles. The van der Waals surface area contributed by atoms with Gasteiger partial charge in [-0.2, -0.15) is 13.2 Å². The standard InChI is InChI=1S/C15H21F3N4O2/c1-10-12(13(24-20-10)11-3-4-11)19-14(23)22-6-2-5-21(7-8-22)9-15(16,17)18/h11H,2-9H2,1H3,(H,19,23). The highest BCUT2D eigenvalue weighted by molar-refractivity contribution is 5.90. The van der Waals surface area contributed by atoms with Gasteiger partial charge in [0.2, 0.25) is 0 Å². The van der Waals surface area contributed by atoms with Crippen LogP contribution in [0.3, 0.4) is 0 Å². The number of urea groups is 1. The molecule has 3 rings (SSSR count). The third kappa shape index (κ3) is 4.19. The van der Waals surface area contributed by atoms with E-state index in [0.717, 1.165) is 12.8 Å². The molecule has 1 aromatic heterocycles. The second kappa shape index (κ2) is 6.62. The Balaban J connectivity index is 1.59. The first-order valence-electron chi connectivity index (χ1n) is 8.14. The molecule has 0 atom stereocenters. The van der Waals surface area contributed by atoms with Crippen LogP contribution in [-0.4, -0.2) is 59.9 Å². The maximum Gasteiger partial charge on any atom is 0.401 e. The predicted molar refractivity (Wildman–Crippen MR) is 80.9 cm³/mol. The van der Waals surface area contributed by atoms with Gasteiger partial charge in [-0.25, -0.2) is 4.79 Å². The smallest absolute Gasteiger partial charge is 0.359 e. The Bertz CT molecular complexity index is 598. The molecule has 0 radical (unpaired) electrons. The van der Waals surface area contributed by atoms with Crippen molar-refractivity contribution >= 4 is 11.7 Å². The van der Waals surface area contributed by atoms with Gasteiger partial charge in [0.25, 0.3) is 0 Å². The van der Waals surface area contributed by atoms with Crippen LogP contribution in [0.25, 0.3) is 0 Å². The Morgan fingerprint density at radius 3 is 2.71 bits per heavy atom. The average Bonchev–Trinajstić information content (AvgIpc) is 3.28. The number of halogens is 3. The molecule has 0 aromatic carbocycles. The number of aromatic nitrogens is 1. The predicted octanol–water partition coefficient (Wildman–Crippen LogP) is 2.96. The SMILES string of the molecule is Cc1noc(C2CC2)c1NC(=O)N1CCCN(CC(F)(F)F)CC1. The Hall–Kier alpha value is -1.77. The fraction of sp³-hybridized carbons (Fsp3) is 0.733. The van der Waals surface area contributed by atoms with Crippen LogP contribution < -0.4 is 5.32 Å². The lowest BCUT2D eigenvalue weighted by molar-refractivity contribution is -0.145. The van der Waals surface area contributed by atoms with Crippen LogP contribution in [0.4, 0.5) is 23.7 Å². The second-order valence-corrected chi connectivity index (χ2v) is 6.44. The van der Waals surface area contributed by atoms with Gasteiger partial charge in [-0.3, -0.25) is 4.90 Å². The molecule has 2 heterocycles. The van der Waals surface area contributed by atoms with Gasteiger partial charge < -0.3 is 14.7 Å². The van der Waals surface area contributed by atoms with E-state index in [9.17, 15) is 18.0 Å². The van der Waals surface area contributed by atoms with Crippen molar-refractivity contribution in [3.8, 4) is 0 Å². The van der Waals surface area contributed by atoms with Crippen LogP contribution in [0.1, 0.15) is 36.6 Å². The zero-order valence-corrected chi connectivity index (χ0v) is 13.5. The number of rotatable bonds is 3. The summed E-state index contributed by atoms with van der Waals surface area (Å²) < 4.78 is 42.8. The van der Waals surface area contributed by atoms with Gasteiger partial charge in [0.1, 0.15) is 11.4 Å². The first-order chi connectivity index (χ1) is 11.3. The molecule has 2 aliphatic rings. The number of aryl methyl sites for hydroxylation is 1. The molecule has 1 saturated heterocycles. The lowest BCUT2D eigenvalue weighted by Crippen LogP contribution is -2.40. The molecule has 0 spiro atoms. The van der Waals surface area contributed by atoms with Crippen molar-refractivity contribution in [3.63, 3.8) is 0 Å². The number of hydrogen-bond donors (Lipinski definition) is 1. The van der Waals surface area contributed by atoms with Crippen LogP contribution in [0.5, 0.6) is 0 Å². The Labute approximate surface area is 137 Å². The van der Waals surface area contributed by atoms with Gasteiger partial charge in [-0.1, -0.05) is 5.16 Å². The molecule has 1 aromatic rings. The van der Waals surface area contributed by atoms with E-state index in [0.29, 0.717) is 42.6 Å². The minimum Gasteiger partial charge on any atom is -0.359 e. The van der Waals surface area contributed by atoms with E-state index in [-0.39, 0.29) is 19.1 Å². The molecular formula is C15H21F3N4O2. The fourth-order valence-electron chi connectivity index (χ4n) is 2.94. The number of hydrogen-bond acceptors (Lipinski definition) is 4. The van der Waals surface area contributed by atoms with Crippen molar-refractivity contribution in [2.75, 3.05) is 38.0 Å². The lowest BCUT2D eigenvalue weighted by atomic mass is 10.2. The fourth-order valence-corrected chi connectivity index (χ4v) is 2.94. The summed E-state index contributed by atoms with van der Waals surface area (Å²) in [5, 5.41) is 6.74. The second-order valence-electron chi connectivity index (χ2n) is 6.44. The average molecular weight is 346 g/mol. The van der Waals surface area contributed by atoms with E-state index in [1.54, 1.807) is 11.8 Å². The van der Waals surface area contributed by atoms with Gasteiger partial charge in [-0.15, -0.1) is 0 Å². The van der Waals surface area contributed by atoms with Crippen molar-refractivity contribution in [1.29, 1.82) is 0 Å². The molecular weight excluding hydrogens is 325 g/mol. The molecule has 1 saturated carbocycles. The van der Waals surface area contributed by atoms with Crippen LogP contribution in [0, 0.1) is 6.92 Å². The van der Waals surface area contributed by atoms with E-state index >= 15 is 0 Å². The van der Waals surface area contributed by atoms with Gasteiger partial charge >= 0.3 is 12.2 Å². The Morgan fingerprint density at radius 1 is 1.29 bits per heavy atom. The highest BCUT2D eigenvalue weighted by Crippen LogP contribution is 2.44. The number of nitrogens with one attached hydrogen (secondary N) is 1. The van der Waals surface area contributed by atoms with E-state index in [4.69, 9.17) is 4.52 Å². The number of amides is 2. The summed E-state index contributed by atoms with van der Waals surface area (Å²) in [5.74, 6) is 1.02. The molecule has 0 bridgehead atoms. The quantitative estimate of drug-likeness (QED) is 0.914. The molecule has 0 unspecified atom stereocenters. The first kappa shape index (κ1) is 17.1.